The van der Waals surface area contributed by atoms with Gasteiger partial charge < -0.3 is 10.1 Å². The minimum absolute atomic E-state index is 0.547. The van der Waals surface area contributed by atoms with E-state index in [0.717, 1.165) is 32.7 Å². The second-order valence-electron chi connectivity index (χ2n) is 6.41. The third-order valence-corrected chi connectivity index (χ3v) is 3.74. The molecule has 0 radical (unpaired) electrons. The van der Waals surface area contributed by atoms with Crippen LogP contribution >= 0.6 is 0 Å². The van der Waals surface area contributed by atoms with Crippen molar-refractivity contribution in [1.82, 2.24) is 5.32 Å². The first-order valence-corrected chi connectivity index (χ1v) is 8.48. The number of nitrogens with one attached hydrogen (secondary N) is 1. The van der Waals surface area contributed by atoms with Crippen LogP contribution in [0.2, 0.25) is 0 Å². The quantitative estimate of drug-likeness (QED) is 0.605. The molecular formula is C19H33NO. The summed E-state index contributed by atoms with van der Waals surface area (Å²) in [6.45, 7) is 12.7. The van der Waals surface area contributed by atoms with Crippen molar-refractivity contribution in [2.45, 2.75) is 52.9 Å². The van der Waals surface area contributed by atoms with Crippen LogP contribution in [0.3, 0.4) is 0 Å². The molecule has 1 aromatic rings. The fourth-order valence-corrected chi connectivity index (χ4v) is 2.35. The molecule has 1 unspecified atom stereocenters. The number of hydrogen-bond donors (Lipinski definition) is 1. The monoisotopic (exact) mass is 291 g/mol. The van der Waals surface area contributed by atoms with Gasteiger partial charge in [-0.3, -0.25) is 0 Å². The molecular weight excluding hydrogens is 258 g/mol. The van der Waals surface area contributed by atoms with Crippen LogP contribution in [0, 0.1) is 12.8 Å². The fourth-order valence-electron chi connectivity index (χ4n) is 2.35. The summed E-state index contributed by atoms with van der Waals surface area (Å²) < 4.78 is 5.75. The molecule has 0 fully saturated rings. The number of hydrogen-bond acceptors (Lipinski definition) is 2. The topological polar surface area (TPSA) is 21.3 Å². The van der Waals surface area contributed by atoms with Gasteiger partial charge in [0.2, 0.25) is 0 Å². The van der Waals surface area contributed by atoms with E-state index in [4.69, 9.17) is 4.74 Å². The van der Waals surface area contributed by atoms with Crippen LogP contribution in [0.5, 0.6) is 0 Å². The van der Waals surface area contributed by atoms with Crippen molar-refractivity contribution in [3.05, 3.63) is 35.4 Å². The summed E-state index contributed by atoms with van der Waals surface area (Å²) in [7, 11) is 0. The van der Waals surface area contributed by atoms with Gasteiger partial charge in [0.1, 0.15) is 0 Å². The predicted octanol–water partition coefficient (Wildman–Crippen LogP) is 4.53. The Balaban J connectivity index is 2.46. The van der Waals surface area contributed by atoms with Gasteiger partial charge in [0.25, 0.3) is 0 Å². The Morgan fingerprint density at radius 2 is 1.76 bits per heavy atom. The molecule has 0 aliphatic heterocycles. The van der Waals surface area contributed by atoms with Gasteiger partial charge in [-0.15, -0.1) is 0 Å². The van der Waals surface area contributed by atoms with Crippen LogP contribution < -0.4 is 5.32 Å². The van der Waals surface area contributed by atoms with Crippen LogP contribution in [-0.4, -0.2) is 26.3 Å². The molecule has 0 aliphatic carbocycles. The highest BCUT2D eigenvalue weighted by Crippen LogP contribution is 2.20. The summed E-state index contributed by atoms with van der Waals surface area (Å²) in [5.74, 6) is 1.25. The Bertz CT molecular complexity index is 358. The molecule has 1 rings (SSSR count). The van der Waals surface area contributed by atoms with Gasteiger partial charge >= 0.3 is 0 Å². The highest BCUT2D eigenvalue weighted by Gasteiger charge is 2.11. The first-order valence-electron chi connectivity index (χ1n) is 8.48. The Morgan fingerprint density at radius 3 is 2.38 bits per heavy atom. The van der Waals surface area contributed by atoms with Crippen LogP contribution in [0.25, 0.3) is 0 Å². The first-order chi connectivity index (χ1) is 10.1. The second kappa shape index (κ2) is 10.8. The fraction of sp³-hybridized carbons (Fsp3) is 0.684. The molecule has 1 atom stereocenters. The highest BCUT2D eigenvalue weighted by atomic mass is 16.5. The molecule has 2 heteroatoms. The van der Waals surface area contributed by atoms with E-state index in [9.17, 15) is 0 Å². The Morgan fingerprint density at radius 1 is 1.05 bits per heavy atom. The lowest BCUT2D eigenvalue weighted by Gasteiger charge is -2.19. The maximum Gasteiger partial charge on any atom is 0.0472 e. The third-order valence-electron chi connectivity index (χ3n) is 3.74. The van der Waals surface area contributed by atoms with Crippen LogP contribution in [0.4, 0.5) is 0 Å². The van der Waals surface area contributed by atoms with E-state index < -0.39 is 0 Å². The lowest BCUT2D eigenvalue weighted by molar-refractivity contribution is 0.124. The van der Waals surface area contributed by atoms with Crippen molar-refractivity contribution >= 4 is 0 Å². The Kier molecular flexibility index (Phi) is 9.36. The van der Waals surface area contributed by atoms with Crippen molar-refractivity contribution in [3.63, 3.8) is 0 Å². The van der Waals surface area contributed by atoms with Crippen molar-refractivity contribution in [1.29, 1.82) is 0 Å². The molecule has 0 aliphatic rings. The van der Waals surface area contributed by atoms with Gasteiger partial charge in [-0.1, -0.05) is 57.0 Å². The Labute approximate surface area is 131 Å². The molecule has 1 N–H and O–H groups in total. The maximum atomic E-state index is 5.75. The molecule has 0 heterocycles. The largest absolute Gasteiger partial charge is 0.381 e. The second-order valence-corrected chi connectivity index (χ2v) is 6.41. The number of benzene rings is 1. The lowest BCUT2D eigenvalue weighted by Crippen LogP contribution is -2.26. The van der Waals surface area contributed by atoms with Crippen molar-refractivity contribution in [2.75, 3.05) is 26.3 Å². The lowest BCUT2D eigenvalue weighted by atomic mass is 9.95. The summed E-state index contributed by atoms with van der Waals surface area (Å²) in [6, 6.07) is 8.96. The molecule has 0 aromatic heterocycles. The molecule has 120 valence electrons. The molecule has 0 amide bonds. The van der Waals surface area contributed by atoms with Crippen LogP contribution in [-0.2, 0) is 4.74 Å². The van der Waals surface area contributed by atoms with Gasteiger partial charge in [0.05, 0.1) is 0 Å². The normalized spacial score (nSPS) is 12.8. The van der Waals surface area contributed by atoms with E-state index in [-0.39, 0.29) is 0 Å². The van der Waals surface area contributed by atoms with Gasteiger partial charge in [0.15, 0.2) is 0 Å². The first kappa shape index (κ1) is 18.2. The average molecular weight is 291 g/mol. The molecule has 0 bridgehead atoms. The minimum Gasteiger partial charge on any atom is -0.381 e. The van der Waals surface area contributed by atoms with E-state index in [2.05, 4.69) is 57.3 Å². The molecule has 0 spiro atoms. The summed E-state index contributed by atoms with van der Waals surface area (Å²) in [6.07, 6.45) is 3.47. The molecule has 21 heavy (non-hydrogen) atoms. The Hall–Kier alpha value is -0.860. The zero-order chi connectivity index (χ0) is 15.5. The van der Waals surface area contributed by atoms with Gasteiger partial charge in [-0.25, -0.2) is 0 Å². The molecule has 0 saturated heterocycles. The van der Waals surface area contributed by atoms with Crippen molar-refractivity contribution in [2.24, 2.45) is 5.92 Å². The van der Waals surface area contributed by atoms with E-state index >= 15 is 0 Å². The van der Waals surface area contributed by atoms with E-state index in [0.29, 0.717) is 11.8 Å². The number of ether oxygens (including phenoxy) is 1. The van der Waals surface area contributed by atoms with Crippen molar-refractivity contribution < 1.29 is 4.74 Å². The third kappa shape index (κ3) is 8.23. The minimum atomic E-state index is 0.547. The summed E-state index contributed by atoms with van der Waals surface area (Å²) in [4.78, 5) is 0. The van der Waals surface area contributed by atoms with E-state index in [1.807, 2.05) is 0 Å². The molecule has 1 aromatic carbocycles. The molecule has 2 nitrogen and oxygen atoms in total. The SMILES string of the molecule is CCCCOCCC(CNCC(C)C)c1ccc(C)cc1. The summed E-state index contributed by atoms with van der Waals surface area (Å²) in [5, 5.41) is 3.59. The average Bonchev–Trinajstić information content (AvgIpc) is 2.46. The van der Waals surface area contributed by atoms with Gasteiger partial charge in [-0.05, 0) is 43.7 Å². The van der Waals surface area contributed by atoms with Gasteiger partial charge in [-0.2, -0.15) is 0 Å². The predicted molar refractivity (Wildman–Crippen MR) is 92.0 cm³/mol. The van der Waals surface area contributed by atoms with Crippen LogP contribution in [0.15, 0.2) is 24.3 Å². The standard InChI is InChI=1S/C19H33NO/c1-5-6-12-21-13-11-19(15-20-14-16(2)3)18-9-7-17(4)8-10-18/h7-10,16,19-20H,5-6,11-15H2,1-4H3. The number of unbranched alkanes of at least 4 members (excludes halogenated alkanes) is 1. The maximum absolute atomic E-state index is 5.75. The highest BCUT2D eigenvalue weighted by molar-refractivity contribution is 5.24. The van der Waals surface area contributed by atoms with Crippen LogP contribution in [0.1, 0.15) is 57.1 Å². The smallest absolute Gasteiger partial charge is 0.0472 e. The zero-order valence-electron chi connectivity index (χ0n) is 14.3. The summed E-state index contributed by atoms with van der Waals surface area (Å²) >= 11 is 0. The summed E-state index contributed by atoms with van der Waals surface area (Å²) in [5.41, 5.74) is 2.75. The van der Waals surface area contributed by atoms with Gasteiger partial charge in [0, 0.05) is 19.8 Å². The van der Waals surface area contributed by atoms with E-state index in [1.54, 1.807) is 0 Å². The molecule has 0 saturated carbocycles. The number of rotatable bonds is 11. The van der Waals surface area contributed by atoms with E-state index in [1.165, 1.54) is 24.0 Å². The zero-order valence-corrected chi connectivity index (χ0v) is 14.3. The number of aryl methyl sites for hydroxylation is 1. The van der Waals surface area contributed by atoms with Crippen molar-refractivity contribution in [3.8, 4) is 0 Å².